The van der Waals surface area contributed by atoms with E-state index in [9.17, 15) is 14.4 Å². The number of nitrogens with one attached hydrogen (secondary N) is 1. The first-order valence-electron chi connectivity index (χ1n) is 6.11. The van der Waals surface area contributed by atoms with Crippen LogP contribution in [-0.4, -0.2) is 24.8 Å². The molecule has 0 radical (unpaired) electrons. The molecule has 1 aromatic carbocycles. The third-order valence-corrected chi connectivity index (χ3v) is 3.70. The lowest BCUT2D eigenvalue weighted by atomic mass is 10.1. The Bertz CT molecular complexity index is 688. The Morgan fingerprint density at radius 1 is 1.10 bits per heavy atom. The Hall–Kier alpha value is -2.47. The first-order chi connectivity index (χ1) is 10.0. The van der Waals surface area contributed by atoms with E-state index in [1.54, 1.807) is 35.7 Å². The molecule has 1 N–H and O–H groups in total. The first-order valence-corrected chi connectivity index (χ1v) is 6.99. The van der Waals surface area contributed by atoms with Crippen molar-refractivity contribution in [3.63, 3.8) is 0 Å². The molecule has 1 aromatic heterocycles. The number of rotatable bonds is 4. The van der Waals surface area contributed by atoms with Gasteiger partial charge in [-0.3, -0.25) is 9.59 Å². The van der Waals surface area contributed by atoms with Crippen LogP contribution in [-0.2, 0) is 9.53 Å². The molecule has 0 bridgehead atoms. The Labute approximate surface area is 125 Å². The molecule has 21 heavy (non-hydrogen) atoms. The third-order valence-electron chi connectivity index (χ3n) is 2.80. The van der Waals surface area contributed by atoms with E-state index in [-0.39, 0.29) is 10.6 Å². The number of hydrogen-bond acceptors (Lipinski definition) is 5. The van der Waals surface area contributed by atoms with Crippen molar-refractivity contribution in [2.45, 2.75) is 6.92 Å². The highest BCUT2D eigenvalue weighted by Gasteiger charge is 2.20. The monoisotopic (exact) mass is 303 g/mol. The van der Waals surface area contributed by atoms with Crippen molar-refractivity contribution < 1.29 is 19.1 Å². The van der Waals surface area contributed by atoms with E-state index in [1.165, 1.54) is 7.11 Å². The Balaban J connectivity index is 2.15. The van der Waals surface area contributed by atoms with Crippen LogP contribution in [0.25, 0.3) is 0 Å². The SMILES string of the molecule is COC(=O)c1sccc1NC(=O)C(=O)c1ccc(C)cc1. The maximum atomic E-state index is 12.0. The minimum Gasteiger partial charge on any atom is -0.465 e. The van der Waals surface area contributed by atoms with Crippen LogP contribution in [0.1, 0.15) is 25.6 Å². The summed E-state index contributed by atoms with van der Waals surface area (Å²) in [6.07, 6.45) is 0. The number of ether oxygens (including phenoxy) is 1. The second-order valence-electron chi connectivity index (χ2n) is 4.30. The first kappa shape index (κ1) is 14.9. The lowest BCUT2D eigenvalue weighted by Crippen LogP contribution is -2.23. The number of benzene rings is 1. The summed E-state index contributed by atoms with van der Waals surface area (Å²) in [7, 11) is 1.26. The molecule has 0 spiro atoms. The molecule has 2 aromatic rings. The summed E-state index contributed by atoms with van der Waals surface area (Å²) in [4.78, 5) is 35.7. The fourth-order valence-corrected chi connectivity index (χ4v) is 2.44. The van der Waals surface area contributed by atoms with Crippen LogP contribution in [0.3, 0.4) is 0 Å². The van der Waals surface area contributed by atoms with Crippen LogP contribution >= 0.6 is 11.3 Å². The summed E-state index contributed by atoms with van der Waals surface area (Å²) in [6, 6.07) is 8.24. The second kappa shape index (κ2) is 6.32. The fourth-order valence-electron chi connectivity index (χ4n) is 1.67. The minimum atomic E-state index is -0.789. The van der Waals surface area contributed by atoms with Gasteiger partial charge in [0.2, 0.25) is 0 Å². The van der Waals surface area contributed by atoms with Gasteiger partial charge >= 0.3 is 5.97 Å². The molecule has 0 aliphatic carbocycles. The van der Waals surface area contributed by atoms with Gasteiger partial charge in [0.25, 0.3) is 11.7 Å². The molecule has 0 saturated carbocycles. The Morgan fingerprint density at radius 3 is 2.38 bits per heavy atom. The van der Waals surface area contributed by atoms with Crippen LogP contribution < -0.4 is 5.32 Å². The molecule has 1 amide bonds. The molecule has 0 unspecified atom stereocenters. The highest BCUT2D eigenvalue weighted by Crippen LogP contribution is 2.23. The number of anilines is 1. The lowest BCUT2D eigenvalue weighted by Gasteiger charge is -2.05. The summed E-state index contributed by atoms with van der Waals surface area (Å²) in [5.41, 5.74) is 1.57. The Morgan fingerprint density at radius 2 is 1.76 bits per heavy atom. The molecule has 0 saturated heterocycles. The normalized spacial score (nSPS) is 10.0. The lowest BCUT2D eigenvalue weighted by molar-refractivity contribution is -0.112. The maximum absolute atomic E-state index is 12.0. The summed E-state index contributed by atoms with van der Waals surface area (Å²) >= 11 is 1.13. The van der Waals surface area contributed by atoms with Crippen LogP contribution in [0.2, 0.25) is 0 Å². The molecule has 0 aliphatic heterocycles. The van der Waals surface area contributed by atoms with E-state index >= 15 is 0 Å². The van der Waals surface area contributed by atoms with Gasteiger partial charge in [0.15, 0.2) is 0 Å². The van der Waals surface area contributed by atoms with Crippen molar-refractivity contribution in [2.75, 3.05) is 12.4 Å². The summed E-state index contributed by atoms with van der Waals surface area (Å²) < 4.78 is 4.61. The van der Waals surface area contributed by atoms with Gasteiger partial charge in [-0.05, 0) is 18.4 Å². The minimum absolute atomic E-state index is 0.252. The van der Waals surface area contributed by atoms with Crippen molar-refractivity contribution >= 4 is 34.7 Å². The molecule has 5 nitrogen and oxygen atoms in total. The maximum Gasteiger partial charge on any atom is 0.350 e. The van der Waals surface area contributed by atoms with Crippen molar-refractivity contribution in [3.05, 3.63) is 51.7 Å². The van der Waals surface area contributed by atoms with Crippen molar-refractivity contribution in [3.8, 4) is 0 Å². The van der Waals surface area contributed by atoms with E-state index in [0.29, 0.717) is 5.56 Å². The molecular weight excluding hydrogens is 290 g/mol. The molecule has 2 rings (SSSR count). The smallest absolute Gasteiger partial charge is 0.350 e. The van der Waals surface area contributed by atoms with Crippen LogP contribution in [0, 0.1) is 6.92 Å². The van der Waals surface area contributed by atoms with Crippen molar-refractivity contribution in [1.29, 1.82) is 0 Å². The van der Waals surface area contributed by atoms with Gasteiger partial charge < -0.3 is 10.1 Å². The number of ketones is 1. The zero-order valence-electron chi connectivity index (χ0n) is 11.5. The third kappa shape index (κ3) is 3.35. The van der Waals surface area contributed by atoms with E-state index in [2.05, 4.69) is 10.1 Å². The van der Waals surface area contributed by atoms with Crippen LogP contribution in [0.15, 0.2) is 35.7 Å². The number of amides is 1. The number of Topliss-reactive ketones (excluding diaryl/α,β-unsaturated/α-hetero) is 1. The molecular formula is C15H13NO4S. The average Bonchev–Trinajstić information content (AvgIpc) is 2.94. The second-order valence-corrected chi connectivity index (χ2v) is 5.22. The summed E-state index contributed by atoms with van der Waals surface area (Å²) in [5, 5.41) is 4.08. The van der Waals surface area contributed by atoms with E-state index in [4.69, 9.17) is 0 Å². The summed E-state index contributed by atoms with van der Waals surface area (Å²) in [5.74, 6) is -2.00. The predicted molar refractivity (Wildman–Crippen MR) is 79.8 cm³/mol. The van der Waals surface area contributed by atoms with Gasteiger partial charge in [-0.15, -0.1) is 11.3 Å². The number of aryl methyl sites for hydroxylation is 1. The van der Waals surface area contributed by atoms with E-state index in [1.807, 2.05) is 6.92 Å². The molecule has 0 atom stereocenters. The van der Waals surface area contributed by atoms with Gasteiger partial charge in [-0.25, -0.2) is 4.79 Å². The molecule has 6 heteroatoms. The van der Waals surface area contributed by atoms with Gasteiger partial charge in [-0.2, -0.15) is 0 Å². The van der Waals surface area contributed by atoms with Crippen LogP contribution in [0.5, 0.6) is 0 Å². The average molecular weight is 303 g/mol. The number of esters is 1. The summed E-state index contributed by atoms with van der Waals surface area (Å²) in [6.45, 7) is 1.89. The molecule has 0 fully saturated rings. The number of hydrogen-bond donors (Lipinski definition) is 1. The topological polar surface area (TPSA) is 72.5 Å². The number of methoxy groups -OCH3 is 1. The van der Waals surface area contributed by atoms with Gasteiger partial charge in [0.05, 0.1) is 12.8 Å². The number of carbonyl (C=O) groups excluding carboxylic acids is 3. The van der Waals surface area contributed by atoms with Crippen LogP contribution in [0.4, 0.5) is 5.69 Å². The van der Waals surface area contributed by atoms with E-state index < -0.39 is 17.7 Å². The van der Waals surface area contributed by atoms with Gasteiger partial charge in [-0.1, -0.05) is 29.8 Å². The number of thiophene rings is 1. The van der Waals surface area contributed by atoms with E-state index in [0.717, 1.165) is 16.9 Å². The predicted octanol–water partition coefficient (Wildman–Crippen LogP) is 2.66. The molecule has 1 heterocycles. The highest BCUT2D eigenvalue weighted by molar-refractivity contribution is 7.12. The quantitative estimate of drug-likeness (QED) is 0.535. The zero-order valence-corrected chi connectivity index (χ0v) is 12.3. The van der Waals surface area contributed by atoms with Gasteiger partial charge in [0, 0.05) is 5.56 Å². The Kier molecular flexibility index (Phi) is 4.49. The van der Waals surface area contributed by atoms with Crippen molar-refractivity contribution in [2.24, 2.45) is 0 Å². The standard InChI is InChI=1S/C15H13NO4S/c1-9-3-5-10(6-4-9)12(17)14(18)16-11-7-8-21-13(11)15(19)20-2/h3-8H,1-2H3,(H,16,18). The number of carbonyl (C=O) groups is 3. The molecule has 0 aliphatic rings. The molecule has 108 valence electrons. The zero-order chi connectivity index (χ0) is 15.4. The fraction of sp³-hybridized carbons (Fsp3) is 0.133. The largest absolute Gasteiger partial charge is 0.465 e. The highest BCUT2D eigenvalue weighted by atomic mass is 32.1. The van der Waals surface area contributed by atoms with Crippen molar-refractivity contribution in [1.82, 2.24) is 0 Å². The van der Waals surface area contributed by atoms with Gasteiger partial charge in [0.1, 0.15) is 4.88 Å².